The summed E-state index contributed by atoms with van der Waals surface area (Å²) >= 11 is 0. The van der Waals surface area contributed by atoms with E-state index in [1.807, 2.05) is 19.0 Å². The van der Waals surface area contributed by atoms with Gasteiger partial charge < -0.3 is 15.1 Å². The van der Waals surface area contributed by atoms with Gasteiger partial charge in [0, 0.05) is 19.5 Å². The van der Waals surface area contributed by atoms with E-state index in [1.54, 1.807) is 31.2 Å². The van der Waals surface area contributed by atoms with Crippen molar-refractivity contribution in [3.8, 4) is 0 Å². The predicted octanol–water partition coefficient (Wildman–Crippen LogP) is 3.05. The molecule has 5 nitrogen and oxygen atoms in total. The molecule has 1 fully saturated rings. The van der Waals surface area contributed by atoms with Crippen LogP contribution in [0.25, 0.3) is 0 Å². The van der Waals surface area contributed by atoms with E-state index in [2.05, 4.69) is 5.32 Å². The summed E-state index contributed by atoms with van der Waals surface area (Å²) in [6.45, 7) is 2.24. The molecule has 0 saturated carbocycles. The third kappa shape index (κ3) is 4.79. The number of rotatable bonds is 6. The molecule has 2 unspecified atom stereocenters. The van der Waals surface area contributed by atoms with Gasteiger partial charge in [0.1, 0.15) is 11.6 Å². The highest BCUT2D eigenvalue weighted by Crippen LogP contribution is 2.28. The summed E-state index contributed by atoms with van der Waals surface area (Å²) in [4.78, 5) is 28.3. The fourth-order valence-electron chi connectivity index (χ4n) is 3.57. The van der Waals surface area contributed by atoms with Crippen molar-refractivity contribution in [1.29, 1.82) is 0 Å². The number of aryl methyl sites for hydroxylation is 1. The summed E-state index contributed by atoms with van der Waals surface area (Å²) < 4.78 is 27.4. The number of hydrogen-bond acceptors (Lipinski definition) is 3. The Hall–Kier alpha value is -2.80. The molecule has 1 heterocycles. The molecule has 0 aromatic heterocycles. The van der Waals surface area contributed by atoms with Crippen molar-refractivity contribution in [2.45, 2.75) is 19.4 Å². The number of anilines is 1. The Morgan fingerprint density at radius 2 is 1.90 bits per heavy atom. The minimum absolute atomic E-state index is 0.0440. The Bertz CT molecular complexity index is 899. The Morgan fingerprint density at radius 3 is 2.52 bits per heavy atom. The third-order valence-corrected chi connectivity index (χ3v) is 5.24. The molecule has 7 heteroatoms. The van der Waals surface area contributed by atoms with E-state index in [-0.39, 0.29) is 42.3 Å². The Kier molecular flexibility index (Phi) is 6.27. The first kappa shape index (κ1) is 20.9. The topological polar surface area (TPSA) is 52.7 Å². The van der Waals surface area contributed by atoms with Crippen LogP contribution in [-0.2, 0) is 9.59 Å². The van der Waals surface area contributed by atoms with Gasteiger partial charge in [-0.25, -0.2) is 8.78 Å². The average molecular weight is 401 g/mol. The van der Waals surface area contributed by atoms with Crippen LogP contribution in [0.15, 0.2) is 42.5 Å². The van der Waals surface area contributed by atoms with Crippen molar-refractivity contribution < 1.29 is 18.4 Å². The molecule has 1 saturated heterocycles. The van der Waals surface area contributed by atoms with Gasteiger partial charge in [0.15, 0.2) is 0 Å². The van der Waals surface area contributed by atoms with Gasteiger partial charge in [0.05, 0.1) is 17.6 Å². The van der Waals surface area contributed by atoms with Crippen LogP contribution in [0.4, 0.5) is 14.5 Å². The second-order valence-electron chi connectivity index (χ2n) is 7.64. The first-order valence-electron chi connectivity index (χ1n) is 9.52. The summed E-state index contributed by atoms with van der Waals surface area (Å²) in [5.74, 6) is -1.84. The van der Waals surface area contributed by atoms with E-state index < -0.39 is 11.7 Å². The number of hydrogen-bond donors (Lipinski definition) is 1. The van der Waals surface area contributed by atoms with Crippen LogP contribution in [0.5, 0.6) is 0 Å². The van der Waals surface area contributed by atoms with E-state index >= 15 is 0 Å². The highest BCUT2D eigenvalue weighted by atomic mass is 19.1. The number of carbonyl (C=O) groups excluding carboxylic acids is 2. The van der Waals surface area contributed by atoms with Crippen LogP contribution in [-0.4, -0.2) is 43.9 Å². The molecule has 0 spiro atoms. The molecule has 1 aliphatic rings. The van der Waals surface area contributed by atoms with Crippen molar-refractivity contribution in [3.63, 3.8) is 0 Å². The van der Waals surface area contributed by atoms with Gasteiger partial charge in [-0.05, 0) is 56.4 Å². The second kappa shape index (κ2) is 8.69. The summed E-state index contributed by atoms with van der Waals surface area (Å²) in [5.41, 5.74) is 1.85. The molecule has 0 bridgehead atoms. The van der Waals surface area contributed by atoms with Gasteiger partial charge in [-0.1, -0.05) is 18.2 Å². The second-order valence-corrected chi connectivity index (χ2v) is 7.64. The van der Waals surface area contributed by atoms with E-state index in [0.29, 0.717) is 6.54 Å². The molecular formula is C22H25F2N3O2. The molecule has 2 aromatic carbocycles. The van der Waals surface area contributed by atoms with Crippen LogP contribution in [0.2, 0.25) is 0 Å². The minimum Gasteiger partial charge on any atom is -0.354 e. The SMILES string of the molecule is Cc1ccc(N2CC(C(=O)NCC(c3ccc(F)cc3)N(C)C)CC2=O)c(F)c1. The van der Waals surface area contributed by atoms with Gasteiger partial charge in [-0.15, -0.1) is 0 Å². The largest absolute Gasteiger partial charge is 0.354 e. The van der Waals surface area contributed by atoms with E-state index in [4.69, 9.17) is 0 Å². The molecule has 1 N–H and O–H groups in total. The number of carbonyl (C=O) groups is 2. The molecule has 2 amide bonds. The molecule has 2 atom stereocenters. The molecule has 1 aliphatic heterocycles. The molecule has 3 rings (SSSR count). The summed E-state index contributed by atoms with van der Waals surface area (Å²) in [6, 6.07) is 10.7. The fraction of sp³-hybridized carbons (Fsp3) is 0.364. The number of nitrogens with zero attached hydrogens (tertiary/aromatic N) is 2. The maximum Gasteiger partial charge on any atom is 0.227 e. The molecule has 29 heavy (non-hydrogen) atoms. The number of amides is 2. The Balaban J connectivity index is 1.64. The molecule has 0 radical (unpaired) electrons. The highest BCUT2D eigenvalue weighted by molar-refractivity contribution is 6.00. The fourth-order valence-corrected chi connectivity index (χ4v) is 3.57. The zero-order valence-electron chi connectivity index (χ0n) is 16.8. The van der Waals surface area contributed by atoms with Crippen molar-refractivity contribution >= 4 is 17.5 Å². The highest BCUT2D eigenvalue weighted by Gasteiger charge is 2.36. The van der Waals surface area contributed by atoms with E-state index in [1.165, 1.54) is 23.1 Å². The molecule has 2 aromatic rings. The van der Waals surface area contributed by atoms with Crippen LogP contribution >= 0.6 is 0 Å². The normalized spacial score (nSPS) is 17.7. The molecular weight excluding hydrogens is 376 g/mol. The zero-order valence-corrected chi connectivity index (χ0v) is 16.8. The van der Waals surface area contributed by atoms with Crippen molar-refractivity contribution in [2.24, 2.45) is 5.92 Å². The zero-order chi connectivity index (χ0) is 21.1. The summed E-state index contributed by atoms with van der Waals surface area (Å²) in [6.07, 6.45) is 0.0440. The summed E-state index contributed by atoms with van der Waals surface area (Å²) in [7, 11) is 3.75. The first-order valence-corrected chi connectivity index (χ1v) is 9.52. The van der Waals surface area contributed by atoms with E-state index in [0.717, 1.165) is 11.1 Å². The minimum atomic E-state index is -0.542. The Morgan fingerprint density at radius 1 is 1.21 bits per heavy atom. The van der Waals surface area contributed by atoms with Gasteiger partial charge >= 0.3 is 0 Å². The monoisotopic (exact) mass is 401 g/mol. The number of halogens is 2. The maximum atomic E-state index is 14.2. The van der Waals surface area contributed by atoms with Crippen LogP contribution in [0.1, 0.15) is 23.6 Å². The van der Waals surface area contributed by atoms with Gasteiger partial charge in [-0.2, -0.15) is 0 Å². The van der Waals surface area contributed by atoms with Gasteiger partial charge in [0.25, 0.3) is 0 Å². The molecule has 154 valence electrons. The molecule has 0 aliphatic carbocycles. The Labute approximate surface area is 169 Å². The first-order chi connectivity index (χ1) is 13.8. The lowest BCUT2D eigenvalue weighted by Crippen LogP contribution is -2.38. The lowest BCUT2D eigenvalue weighted by atomic mass is 10.0. The van der Waals surface area contributed by atoms with E-state index in [9.17, 15) is 18.4 Å². The smallest absolute Gasteiger partial charge is 0.227 e. The number of likely N-dealkylation sites (N-methyl/N-ethyl adjacent to an activating group) is 1. The number of nitrogens with one attached hydrogen (secondary N) is 1. The third-order valence-electron chi connectivity index (χ3n) is 5.24. The van der Waals surface area contributed by atoms with Crippen LogP contribution < -0.4 is 10.2 Å². The average Bonchev–Trinajstić information content (AvgIpc) is 3.04. The van der Waals surface area contributed by atoms with Gasteiger partial charge in [-0.3, -0.25) is 9.59 Å². The quantitative estimate of drug-likeness (QED) is 0.810. The van der Waals surface area contributed by atoms with Crippen LogP contribution in [0, 0.1) is 24.5 Å². The van der Waals surface area contributed by atoms with Crippen molar-refractivity contribution in [2.75, 3.05) is 32.1 Å². The summed E-state index contributed by atoms with van der Waals surface area (Å²) in [5, 5.41) is 2.89. The van der Waals surface area contributed by atoms with Gasteiger partial charge in [0.2, 0.25) is 11.8 Å². The maximum absolute atomic E-state index is 14.2. The number of benzene rings is 2. The standard InChI is InChI=1S/C22H25F2N3O2/c1-14-4-9-19(18(24)10-14)27-13-16(11-21(27)28)22(29)25-12-20(26(2)3)15-5-7-17(23)8-6-15/h4-10,16,20H,11-13H2,1-3H3,(H,25,29). The van der Waals surface area contributed by atoms with Crippen molar-refractivity contribution in [3.05, 3.63) is 65.2 Å². The predicted molar refractivity (Wildman–Crippen MR) is 107 cm³/mol. The van der Waals surface area contributed by atoms with Crippen molar-refractivity contribution in [1.82, 2.24) is 10.2 Å². The lowest BCUT2D eigenvalue weighted by Gasteiger charge is -2.25. The lowest BCUT2D eigenvalue weighted by molar-refractivity contribution is -0.126. The van der Waals surface area contributed by atoms with Crippen LogP contribution in [0.3, 0.4) is 0 Å².